The molecule has 6 nitrogen and oxygen atoms in total. The van der Waals surface area contributed by atoms with Crippen molar-refractivity contribution in [3.63, 3.8) is 0 Å². The van der Waals surface area contributed by atoms with Crippen molar-refractivity contribution in [2.75, 3.05) is 19.7 Å². The second kappa shape index (κ2) is 7.35. The molecule has 1 aromatic carbocycles. The van der Waals surface area contributed by atoms with Crippen molar-refractivity contribution in [3.8, 4) is 5.75 Å². The highest BCUT2D eigenvalue weighted by atomic mass is 19.4. The number of carbonyl (C=O) groups is 1. The van der Waals surface area contributed by atoms with Crippen LogP contribution in [0.15, 0.2) is 28.8 Å². The van der Waals surface area contributed by atoms with Crippen molar-refractivity contribution in [2.24, 2.45) is 0 Å². The van der Waals surface area contributed by atoms with Gasteiger partial charge in [0.15, 0.2) is 12.4 Å². The predicted octanol–water partition coefficient (Wildman–Crippen LogP) is 3.18. The number of hydrogen-bond donors (Lipinski definition) is 0. The number of piperidine rings is 1. The topological polar surface area (TPSA) is 68.5 Å². The molecule has 1 saturated heterocycles. The molecule has 0 spiro atoms. The summed E-state index contributed by atoms with van der Waals surface area (Å²) >= 11 is 0. The van der Waals surface area contributed by atoms with E-state index in [1.165, 1.54) is 12.1 Å². The van der Waals surface area contributed by atoms with Gasteiger partial charge in [-0.05, 0) is 38.0 Å². The van der Waals surface area contributed by atoms with E-state index in [1.807, 2.05) is 0 Å². The zero-order valence-electron chi connectivity index (χ0n) is 14.1. The second-order valence-corrected chi connectivity index (χ2v) is 6.17. The molecule has 0 saturated carbocycles. The van der Waals surface area contributed by atoms with Gasteiger partial charge in [0.25, 0.3) is 5.91 Å². The van der Waals surface area contributed by atoms with Gasteiger partial charge in [-0.2, -0.15) is 18.2 Å². The Hall–Kier alpha value is -2.58. The van der Waals surface area contributed by atoms with E-state index in [0.717, 1.165) is 25.0 Å². The minimum Gasteiger partial charge on any atom is -0.484 e. The Balaban J connectivity index is 1.58. The molecule has 2 aromatic rings. The molecule has 1 fully saturated rings. The standard InChI is InChI=1S/C17H18F3N3O3/c1-11-21-16(26-22-11)12-4-3-7-23(9-12)15(24)10-25-14-6-2-5-13(8-14)17(18,19)20/h2,5-6,8,12H,3-4,7,9-10H2,1H3. The number of aromatic nitrogens is 2. The summed E-state index contributed by atoms with van der Waals surface area (Å²) < 4.78 is 48.6. The lowest BCUT2D eigenvalue weighted by molar-refractivity contribution is -0.137. The summed E-state index contributed by atoms with van der Waals surface area (Å²) in [7, 11) is 0. The predicted molar refractivity (Wildman–Crippen MR) is 84.5 cm³/mol. The van der Waals surface area contributed by atoms with Gasteiger partial charge in [0, 0.05) is 13.1 Å². The lowest BCUT2D eigenvalue weighted by Gasteiger charge is -2.31. The normalized spacial score (nSPS) is 18.0. The molecular formula is C17H18F3N3O3. The van der Waals surface area contributed by atoms with E-state index in [4.69, 9.17) is 9.26 Å². The number of ether oxygens (including phenoxy) is 1. The van der Waals surface area contributed by atoms with Gasteiger partial charge in [0.1, 0.15) is 5.75 Å². The molecular weight excluding hydrogens is 351 g/mol. The first kappa shape index (κ1) is 18.2. The van der Waals surface area contributed by atoms with Gasteiger partial charge in [-0.25, -0.2) is 0 Å². The van der Waals surface area contributed by atoms with Gasteiger partial charge in [-0.15, -0.1) is 0 Å². The van der Waals surface area contributed by atoms with Gasteiger partial charge in [0.05, 0.1) is 11.5 Å². The molecule has 0 N–H and O–H groups in total. The fourth-order valence-electron chi connectivity index (χ4n) is 2.88. The number of rotatable bonds is 4. The molecule has 26 heavy (non-hydrogen) atoms. The average Bonchev–Trinajstić information content (AvgIpc) is 3.06. The fraction of sp³-hybridized carbons (Fsp3) is 0.471. The summed E-state index contributed by atoms with van der Waals surface area (Å²) in [5.74, 6) is 0.718. The highest BCUT2D eigenvalue weighted by Crippen LogP contribution is 2.31. The Labute approximate surface area is 147 Å². The smallest absolute Gasteiger partial charge is 0.416 e. The summed E-state index contributed by atoms with van der Waals surface area (Å²) in [6, 6.07) is 4.48. The van der Waals surface area contributed by atoms with Crippen LogP contribution in [0.5, 0.6) is 5.75 Å². The van der Waals surface area contributed by atoms with Gasteiger partial charge < -0.3 is 14.2 Å². The Bertz CT molecular complexity index is 776. The molecule has 0 radical (unpaired) electrons. The molecule has 0 bridgehead atoms. The molecule has 140 valence electrons. The molecule has 1 aromatic heterocycles. The van der Waals surface area contributed by atoms with Crippen LogP contribution in [0.3, 0.4) is 0 Å². The number of aryl methyl sites for hydroxylation is 1. The van der Waals surface area contributed by atoms with Crippen LogP contribution >= 0.6 is 0 Å². The molecule has 9 heteroatoms. The second-order valence-electron chi connectivity index (χ2n) is 6.17. The highest BCUT2D eigenvalue weighted by molar-refractivity contribution is 5.78. The Morgan fingerprint density at radius 2 is 2.23 bits per heavy atom. The highest BCUT2D eigenvalue weighted by Gasteiger charge is 2.31. The third-order valence-electron chi connectivity index (χ3n) is 4.19. The van der Waals surface area contributed by atoms with Crippen molar-refractivity contribution in [1.29, 1.82) is 0 Å². The largest absolute Gasteiger partial charge is 0.484 e. The molecule has 1 aliphatic rings. The maximum absolute atomic E-state index is 12.7. The van der Waals surface area contributed by atoms with Gasteiger partial charge in [-0.3, -0.25) is 4.79 Å². The Morgan fingerprint density at radius 3 is 2.92 bits per heavy atom. The molecule has 1 amide bonds. The SMILES string of the molecule is Cc1noc(C2CCCN(C(=O)COc3cccc(C(F)(F)F)c3)C2)n1. The first-order valence-electron chi connectivity index (χ1n) is 8.21. The minimum atomic E-state index is -4.45. The van der Waals surface area contributed by atoms with Crippen molar-refractivity contribution < 1.29 is 27.2 Å². The first-order chi connectivity index (χ1) is 12.3. The first-order valence-corrected chi connectivity index (χ1v) is 8.21. The number of nitrogens with zero attached hydrogens (tertiary/aromatic N) is 3. The number of carbonyl (C=O) groups excluding carboxylic acids is 1. The third-order valence-corrected chi connectivity index (χ3v) is 4.19. The van der Waals surface area contributed by atoms with Crippen molar-refractivity contribution >= 4 is 5.91 Å². The van der Waals surface area contributed by atoms with Crippen LogP contribution in [0.25, 0.3) is 0 Å². The van der Waals surface area contributed by atoms with Crippen LogP contribution in [0.2, 0.25) is 0 Å². The monoisotopic (exact) mass is 369 g/mol. The van der Waals surface area contributed by atoms with Gasteiger partial charge in [0.2, 0.25) is 5.89 Å². The van der Waals surface area contributed by atoms with Crippen LogP contribution in [0, 0.1) is 6.92 Å². The number of likely N-dealkylation sites (tertiary alicyclic amines) is 1. The fourth-order valence-corrected chi connectivity index (χ4v) is 2.88. The van der Waals surface area contributed by atoms with E-state index in [2.05, 4.69) is 10.1 Å². The van der Waals surface area contributed by atoms with Crippen LogP contribution < -0.4 is 4.74 Å². The maximum Gasteiger partial charge on any atom is 0.416 e. The summed E-state index contributed by atoms with van der Waals surface area (Å²) in [5.41, 5.74) is -0.813. The van der Waals surface area contributed by atoms with Crippen molar-refractivity contribution in [2.45, 2.75) is 31.9 Å². The van der Waals surface area contributed by atoms with Crippen LogP contribution in [-0.4, -0.2) is 40.6 Å². The Kier molecular flexibility index (Phi) is 5.15. The van der Waals surface area contributed by atoms with E-state index in [9.17, 15) is 18.0 Å². The van der Waals surface area contributed by atoms with Crippen LogP contribution in [-0.2, 0) is 11.0 Å². The van der Waals surface area contributed by atoms with E-state index in [1.54, 1.807) is 11.8 Å². The van der Waals surface area contributed by atoms with Gasteiger partial charge in [-0.1, -0.05) is 11.2 Å². The summed E-state index contributed by atoms with van der Waals surface area (Å²) in [6.07, 6.45) is -2.84. The lowest BCUT2D eigenvalue weighted by atomic mass is 9.98. The molecule has 3 rings (SSSR count). The molecule has 1 aliphatic heterocycles. The molecule has 1 unspecified atom stereocenters. The summed E-state index contributed by atoms with van der Waals surface area (Å²) in [6.45, 7) is 2.39. The quantitative estimate of drug-likeness (QED) is 0.828. The number of alkyl halides is 3. The number of halogens is 3. The number of amides is 1. The maximum atomic E-state index is 12.7. The van der Waals surface area contributed by atoms with Crippen molar-refractivity contribution in [1.82, 2.24) is 15.0 Å². The molecule has 0 aliphatic carbocycles. The molecule has 1 atom stereocenters. The minimum absolute atomic E-state index is 0.00857. The zero-order valence-corrected chi connectivity index (χ0v) is 14.1. The summed E-state index contributed by atoms with van der Waals surface area (Å²) in [5, 5.41) is 3.76. The van der Waals surface area contributed by atoms with Crippen molar-refractivity contribution in [3.05, 3.63) is 41.5 Å². The number of hydrogen-bond acceptors (Lipinski definition) is 5. The summed E-state index contributed by atoms with van der Waals surface area (Å²) in [4.78, 5) is 18.2. The third kappa shape index (κ3) is 4.33. The van der Waals surface area contributed by atoms with E-state index in [0.29, 0.717) is 24.8 Å². The Morgan fingerprint density at radius 1 is 1.42 bits per heavy atom. The van der Waals surface area contributed by atoms with Gasteiger partial charge >= 0.3 is 6.18 Å². The lowest BCUT2D eigenvalue weighted by Crippen LogP contribution is -2.41. The average molecular weight is 369 g/mol. The van der Waals surface area contributed by atoms with Crippen LogP contribution in [0.1, 0.15) is 36.0 Å². The zero-order chi connectivity index (χ0) is 18.7. The van der Waals surface area contributed by atoms with Crippen LogP contribution in [0.4, 0.5) is 13.2 Å². The number of benzene rings is 1. The van der Waals surface area contributed by atoms with E-state index >= 15 is 0 Å². The molecule has 2 heterocycles. The van der Waals surface area contributed by atoms with E-state index in [-0.39, 0.29) is 24.2 Å². The van der Waals surface area contributed by atoms with E-state index < -0.39 is 11.7 Å².